The van der Waals surface area contributed by atoms with Gasteiger partial charge in [0.2, 0.25) is 0 Å². The fraction of sp³-hybridized carbons (Fsp3) is 0.280. The molecule has 158 valence electrons. The van der Waals surface area contributed by atoms with Crippen LogP contribution in [0.15, 0.2) is 54.6 Å². The van der Waals surface area contributed by atoms with Crippen LogP contribution in [0, 0.1) is 13.8 Å². The Morgan fingerprint density at radius 1 is 1.06 bits per heavy atom. The van der Waals surface area contributed by atoms with Crippen LogP contribution in [0.5, 0.6) is 0 Å². The van der Waals surface area contributed by atoms with Gasteiger partial charge in [-0.1, -0.05) is 53.6 Å². The number of benzene rings is 2. The molecule has 0 radical (unpaired) electrons. The van der Waals surface area contributed by atoms with Crippen LogP contribution in [0.4, 0.5) is 5.82 Å². The van der Waals surface area contributed by atoms with E-state index in [1.807, 2.05) is 35.7 Å². The van der Waals surface area contributed by atoms with Crippen LogP contribution in [0.2, 0.25) is 5.02 Å². The topological polar surface area (TPSA) is 53.7 Å². The first-order valence-corrected chi connectivity index (χ1v) is 11.0. The molecule has 1 atom stereocenters. The van der Waals surface area contributed by atoms with Gasteiger partial charge in [0.05, 0.1) is 24.0 Å². The first kappa shape index (κ1) is 20.0. The number of nitrogens with zero attached hydrogens (tertiary/aromatic N) is 4. The Morgan fingerprint density at radius 3 is 2.61 bits per heavy atom. The standard InChI is InChI=1S/C25H25ClN4O/c1-16-8-10-18(11-9-16)24-17(2)28-30-22(19-5-3-6-20(26)13-19)14-23(27-25(24)30)29-12-4-7-21(29)15-31/h3,5-6,8-11,13-14,21,31H,4,7,12,15H2,1-2H3/t21-/m0/s1. The molecule has 5 rings (SSSR count). The van der Waals surface area contributed by atoms with E-state index >= 15 is 0 Å². The minimum absolute atomic E-state index is 0.0917. The molecule has 1 N–H and O–H groups in total. The van der Waals surface area contributed by atoms with Crippen molar-refractivity contribution in [2.24, 2.45) is 0 Å². The number of hydrogen-bond donors (Lipinski definition) is 1. The number of fused-ring (bicyclic) bond motifs is 1. The lowest BCUT2D eigenvalue weighted by Crippen LogP contribution is -2.32. The molecule has 1 aliphatic heterocycles. The molecule has 1 saturated heterocycles. The molecule has 0 unspecified atom stereocenters. The van der Waals surface area contributed by atoms with Gasteiger partial charge in [-0.2, -0.15) is 5.10 Å². The van der Waals surface area contributed by atoms with Gasteiger partial charge in [0, 0.05) is 28.8 Å². The van der Waals surface area contributed by atoms with Gasteiger partial charge in [-0.3, -0.25) is 0 Å². The molecule has 0 amide bonds. The average Bonchev–Trinajstić information content (AvgIpc) is 3.37. The van der Waals surface area contributed by atoms with E-state index in [0.717, 1.165) is 58.9 Å². The molecular formula is C25H25ClN4O. The van der Waals surface area contributed by atoms with E-state index < -0.39 is 0 Å². The normalized spacial score (nSPS) is 16.4. The molecule has 0 aliphatic carbocycles. The third-order valence-electron chi connectivity index (χ3n) is 6.09. The quantitative estimate of drug-likeness (QED) is 0.475. The number of hydrogen-bond acceptors (Lipinski definition) is 4. The van der Waals surface area contributed by atoms with Gasteiger partial charge >= 0.3 is 0 Å². The molecule has 0 bridgehead atoms. The summed E-state index contributed by atoms with van der Waals surface area (Å²) in [5, 5.41) is 15.4. The van der Waals surface area contributed by atoms with Crippen molar-refractivity contribution in [3.8, 4) is 22.4 Å². The molecular weight excluding hydrogens is 408 g/mol. The summed E-state index contributed by atoms with van der Waals surface area (Å²) in [5.74, 6) is 0.868. The zero-order valence-electron chi connectivity index (χ0n) is 17.7. The first-order valence-electron chi connectivity index (χ1n) is 10.7. The van der Waals surface area contributed by atoms with Gasteiger partial charge in [0.1, 0.15) is 5.82 Å². The number of aryl methyl sites for hydroxylation is 2. The number of aromatic nitrogens is 3. The Balaban J connectivity index is 1.79. The van der Waals surface area contributed by atoms with Gasteiger partial charge in [-0.25, -0.2) is 9.50 Å². The van der Waals surface area contributed by atoms with Crippen molar-refractivity contribution in [1.29, 1.82) is 0 Å². The summed E-state index contributed by atoms with van der Waals surface area (Å²) >= 11 is 6.32. The number of rotatable bonds is 4. The van der Waals surface area contributed by atoms with Gasteiger partial charge < -0.3 is 10.0 Å². The molecule has 5 nitrogen and oxygen atoms in total. The van der Waals surface area contributed by atoms with E-state index in [9.17, 15) is 5.11 Å². The van der Waals surface area contributed by atoms with Gasteiger partial charge in [0.25, 0.3) is 0 Å². The maximum Gasteiger partial charge on any atom is 0.166 e. The molecule has 6 heteroatoms. The van der Waals surface area contributed by atoms with Crippen LogP contribution < -0.4 is 4.90 Å². The van der Waals surface area contributed by atoms with Crippen LogP contribution in [-0.4, -0.2) is 38.9 Å². The highest BCUT2D eigenvalue weighted by atomic mass is 35.5. The van der Waals surface area contributed by atoms with E-state index in [0.29, 0.717) is 5.02 Å². The predicted octanol–water partition coefficient (Wildman–Crippen LogP) is 5.29. The van der Waals surface area contributed by atoms with Crippen molar-refractivity contribution >= 4 is 23.1 Å². The molecule has 4 aromatic rings. The van der Waals surface area contributed by atoms with Gasteiger partial charge in [0.15, 0.2) is 5.65 Å². The highest BCUT2D eigenvalue weighted by molar-refractivity contribution is 6.30. The van der Waals surface area contributed by atoms with Crippen LogP contribution in [0.25, 0.3) is 28.0 Å². The van der Waals surface area contributed by atoms with E-state index in [4.69, 9.17) is 21.7 Å². The van der Waals surface area contributed by atoms with E-state index in [1.165, 1.54) is 5.56 Å². The van der Waals surface area contributed by atoms with E-state index in [-0.39, 0.29) is 12.6 Å². The highest BCUT2D eigenvalue weighted by Gasteiger charge is 2.27. The SMILES string of the molecule is Cc1ccc(-c2c(C)nn3c(-c4cccc(Cl)c4)cc(N4CCC[C@H]4CO)nc23)cc1. The summed E-state index contributed by atoms with van der Waals surface area (Å²) in [6.45, 7) is 5.12. The number of aliphatic hydroxyl groups is 1. The smallest absolute Gasteiger partial charge is 0.166 e. The lowest BCUT2D eigenvalue weighted by atomic mass is 10.0. The summed E-state index contributed by atoms with van der Waals surface area (Å²) < 4.78 is 1.92. The largest absolute Gasteiger partial charge is 0.394 e. The predicted molar refractivity (Wildman–Crippen MR) is 126 cm³/mol. The first-order chi connectivity index (χ1) is 15.0. The zero-order chi connectivity index (χ0) is 21.5. The number of aliphatic hydroxyl groups excluding tert-OH is 1. The molecule has 0 saturated carbocycles. The van der Waals surface area contributed by atoms with Crippen LogP contribution in [0.3, 0.4) is 0 Å². The maximum absolute atomic E-state index is 9.89. The molecule has 0 spiro atoms. The van der Waals surface area contributed by atoms with Gasteiger partial charge in [-0.05, 0) is 44.4 Å². The Kier molecular flexibility index (Phi) is 5.16. The molecule has 1 fully saturated rings. The van der Waals surface area contributed by atoms with Crippen molar-refractivity contribution in [3.63, 3.8) is 0 Å². The van der Waals surface area contributed by atoms with E-state index in [2.05, 4.69) is 42.2 Å². The molecule has 2 aromatic heterocycles. The fourth-order valence-corrected chi connectivity index (χ4v) is 4.69. The molecule has 1 aliphatic rings. The highest BCUT2D eigenvalue weighted by Crippen LogP contribution is 2.35. The second kappa shape index (κ2) is 7.98. The summed E-state index contributed by atoms with van der Waals surface area (Å²) in [5.41, 5.74) is 7.01. The van der Waals surface area contributed by atoms with Crippen molar-refractivity contribution in [2.75, 3.05) is 18.1 Å². The van der Waals surface area contributed by atoms with Crippen molar-refractivity contribution in [2.45, 2.75) is 32.7 Å². The van der Waals surface area contributed by atoms with Crippen molar-refractivity contribution in [3.05, 3.63) is 70.9 Å². The Morgan fingerprint density at radius 2 is 1.87 bits per heavy atom. The Hall–Kier alpha value is -2.89. The van der Waals surface area contributed by atoms with Crippen LogP contribution >= 0.6 is 11.6 Å². The lowest BCUT2D eigenvalue weighted by molar-refractivity contribution is 0.266. The third-order valence-corrected chi connectivity index (χ3v) is 6.33. The zero-order valence-corrected chi connectivity index (χ0v) is 18.5. The van der Waals surface area contributed by atoms with Crippen molar-refractivity contribution < 1.29 is 5.11 Å². The number of halogens is 1. The summed E-state index contributed by atoms with van der Waals surface area (Å²) in [4.78, 5) is 7.28. The third kappa shape index (κ3) is 3.58. The monoisotopic (exact) mass is 432 g/mol. The summed E-state index contributed by atoms with van der Waals surface area (Å²) in [6, 6.07) is 18.5. The minimum Gasteiger partial charge on any atom is -0.394 e. The Bertz CT molecular complexity index is 1250. The average molecular weight is 433 g/mol. The lowest BCUT2D eigenvalue weighted by Gasteiger charge is -2.25. The van der Waals surface area contributed by atoms with Crippen LogP contribution in [-0.2, 0) is 0 Å². The molecule has 3 heterocycles. The van der Waals surface area contributed by atoms with E-state index in [1.54, 1.807) is 0 Å². The molecule has 31 heavy (non-hydrogen) atoms. The van der Waals surface area contributed by atoms with Crippen LogP contribution in [0.1, 0.15) is 24.1 Å². The summed E-state index contributed by atoms with van der Waals surface area (Å²) in [6.07, 6.45) is 2.02. The number of anilines is 1. The second-order valence-corrected chi connectivity index (χ2v) is 8.68. The van der Waals surface area contributed by atoms with Gasteiger partial charge in [-0.15, -0.1) is 0 Å². The minimum atomic E-state index is 0.0917. The van der Waals surface area contributed by atoms with Crippen molar-refractivity contribution in [1.82, 2.24) is 14.6 Å². The second-order valence-electron chi connectivity index (χ2n) is 8.24. The fourth-order valence-electron chi connectivity index (χ4n) is 4.50. The molecule has 2 aromatic carbocycles. The summed E-state index contributed by atoms with van der Waals surface area (Å²) in [7, 11) is 0. The Labute approximate surface area is 186 Å². The maximum atomic E-state index is 9.89.